The van der Waals surface area contributed by atoms with Crippen LogP contribution in [-0.4, -0.2) is 12.8 Å². The predicted octanol–water partition coefficient (Wildman–Crippen LogP) is 2.65. The van der Waals surface area contributed by atoms with Gasteiger partial charge in [0.2, 0.25) is 6.79 Å². The summed E-state index contributed by atoms with van der Waals surface area (Å²) in [4.78, 5) is 0. The Morgan fingerprint density at radius 3 is 2.56 bits per heavy atom. The number of nitrogens with one attached hydrogen (secondary N) is 1. The molecule has 0 radical (unpaired) electrons. The zero-order valence-electron chi connectivity index (χ0n) is 10.3. The summed E-state index contributed by atoms with van der Waals surface area (Å²) in [6.45, 7) is 8.97. The predicted molar refractivity (Wildman–Crippen MR) is 63.9 cm³/mol. The third-order valence-electron chi connectivity index (χ3n) is 2.74. The average molecular weight is 221 g/mol. The van der Waals surface area contributed by atoms with E-state index in [2.05, 4.69) is 45.1 Å². The van der Waals surface area contributed by atoms with E-state index >= 15 is 0 Å². The Hall–Kier alpha value is -1.22. The number of fused-ring (bicyclic) bond motifs is 1. The Morgan fingerprint density at radius 1 is 1.19 bits per heavy atom. The van der Waals surface area contributed by atoms with E-state index in [9.17, 15) is 0 Å². The van der Waals surface area contributed by atoms with Crippen molar-refractivity contribution in [1.82, 2.24) is 5.32 Å². The van der Waals surface area contributed by atoms with E-state index in [0.29, 0.717) is 12.8 Å². The van der Waals surface area contributed by atoms with Crippen molar-refractivity contribution >= 4 is 0 Å². The fourth-order valence-electron chi connectivity index (χ4n) is 2.09. The first-order chi connectivity index (χ1) is 7.49. The van der Waals surface area contributed by atoms with Crippen LogP contribution in [0.2, 0.25) is 0 Å². The van der Waals surface area contributed by atoms with Crippen LogP contribution in [0.3, 0.4) is 0 Å². The summed E-state index contributed by atoms with van der Waals surface area (Å²) in [5, 5.41) is 3.53. The van der Waals surface area contributed by atoms with Gasteiger partial charge in [-0.25, -0.2) is 0 Å². The molecule has 1 aromatic carbocycles. The van der Waals surface area contributed by atoms with Gasteiger partial charge in [-0.2, -0.15) is 0 Å². The summed E-state index contributed by atoms with van der Waals surface area (Å²) >= 11 is 0. The summed E-state index contributed by atoms with van der Waals surface area (Å²) in [7, 11) is 0. The van der Waals surface area contributed by atoms with Gasteiger partial charge in [-0.15, -0.1) is 0 Å². The van der Waals surface area contributed by atoms with Crippen LogP contribution in [0.1, 0.15) is 33.3 Å². The number of rotatable bonds is 3. The monoisotopic (exact) mass is 221 g/mol. The first-order valence-electron chi connectivity index (χ1n) is 5.67. The minimum Gasteiger partial charge on any atom is -0.454 e. The van der Waals surface area contributed by atoms with E-state index in [1.807, 2.05) is 6.07 Å². The van der Waals surface area contributed by atoms with E-state index in [1.54, 1.807) is 0 Å². The van der Waals surface area contributed by atoms with Crippen molar-refractivity contribution in [2.45, 2.75) is 39.3 Å². The lowest BCUT2D eigenvalue weighted by molar-refractivity contribution is 0.174. The third-order valence-corrected chi connectivity index (χ3v) is 2.74. The first kappa shape index (κ1) is 11.3. The third kappa shape index (κ3) is 2.14. The smallest absolute Gasteiger partial charge is 0.231 e. The average Bonchev–Trinajstić information content (AvgIpc) is 2.61. The van der Waals surface area contributed by atoms with Crippen molar-refractivity contribution < 1.29 is 9.47 Å². The Bertz CT molecular complexity index is 386. The van der Waals surface area contributed by atoms with Crippen LogP contribution >= 0.6 is 0 Å². The summed E-state index contributed by atoms with van der Waals surface area (Å²) in [6.07, 6.45) is 0. The number of ether oxygens (including phenoxy) is 2. The second kappa shape index (κ2) is 3.98. The molecule has 0 aromatic heterocycles. The highest BCUT2D eigenvalue weighted by atomic mass is 16.7. The largest absolute Gasteiger partial charge is 0.454 e. The van der Waals surface area contributed by atoms with E-state index < -0.39 is 0 Å². The Kier molecular flexibility index (Phi) is 2.80. The van der Waals surface area contributed by atoms with Crippen molar-refractivity contribution in [1.29, 1.82) is 0 Å². The molecule has 3 nitrogen and oxygen atoms in total. The van der Waals surface area contributed by atoms with Crippen molar-refractivity contribution in [2.75, 3.05) is 6.79 Å². The molecule has 3 heteroatoms. The van der Waals surface area contributed by atoms with Crippen LogP contribution in [0, 0.1) is 0 Å². The fourth-order valence-corrected chi connectivity index (χ4v) is 2.09. The maximum atomic E-state index is 5.39. The van der Waals surface area contributed by atoms with Gasteiger partial charge in [0.05, 0.1) is 0 Å². The Labute approximate surface area is 96.8 Å². The van der Waals surface area contributed by atoms with E-state index in [0.717, 1.165) is 11.5 Å². The minimum atomic E-state index is -0.0604. The molecule has 1 N–H and O–H groups in total. The molecular weight excluding hydrogens is 202 g/mol. The topological polar surface area (TPSA) is 30.5 Å². The molecule has 0 saturated heterocycles. The van der Waals surface area contributed by atoms with E-state index in [1.165, 1.54) is 5.56 Å². The molecule has 1 heterocycles. The second-order valence-electron chi connectivity index (χ2n) is 4.99. The summed E-state index contributed by atoms with van der Waals surface area (Å²) in [5.41, 5.74) is 1.15. The van der Waals surface area contributed by atoms with Crippen molar-refractivity contribution in [2.24, 2.45) is 0 Å². The van der Waals surface area contributed by atoms with Crippen LogP contribution in [0.25, 0.3) is 0 Å². The fraction of sp³-hybridized carbons (Fsp3) is 0.538. The first-order valence-corrected chi connectivity index (χ1v) is 5.67. The van der Waals surface area contributed by atoms with Crippen LogP contribution < -0.4 is 14.8 Å². The van der Waals surface area contributed by atoms with Gasteiger partial charge >= 0.3 is 0 Å². The molecular formula is C13H19NO2. The molecule has 0 amide bonds. The molecule has 1 aromatic rings. The lowest BCUT2D eigenvalue weighted by Crippen LogP contribution is -2.40. The zero-order chi connectivity index (χ0) is 11.8. The highest BCUT2D eigenvalue weighted by Gasteiger charge is 2.24. The molecule has 0 unspecified atom stereocenters. The number of hydrogen-bond acceptors (Lipinski definition) is 3. The number of benzene rings is 1. The summed E-state index contributed by atoms with van der Waals surface area (Å²) in [5.74, 6) is 1.68. The van der Waals surface area contributed by atoms with Crippen LogP contribution in [0.5, 0.6) is 11.5 Å². The van der Waals surface area contributed by atoms with Gasteiger partial charge in [-0.3, -0.25) is 0 Å². The molecule has 0 bridgehead atoms. The normalized spacial score (nSPS) is 14.6. The molecule has 1 aliphatic rings. The standard InChI is InChI=1S/C13H19NO2/c1-9(2)14-13(3,4)10-5-6-11-12(7-10)16-8-15-11/h5-7,9,14H,8H2,1-4H3. The van der Waals surface area contributed by atoms with Gasteiger partial charge in [-0.05, 0) is 31.5 Å². The highest BCUT2D eigenvalue weighted by molar-refractivity contribution is 5.46. The summed E-state index contributed by atoms with van der Waals surface area (Å²) < 4.78 is 10.7. The highest BCUT2D eigenvalue weighted by Crippen LogP contribution is 2.35. The lowest BCUT2D eigenvalue weighted by atomic mass is 9.93. The zero-order valence-corrected chi connectivity index (χ0v) is 10.3. The van der Waals surface area contributed by atoms with Gasteiger partial charge in [0.25, 0.3) is 0 Å². The van der Waals surface area contributed by atoms with Crippen LogP contribution in [0.15, 0.2) is 18.2 Å². The van der Waals surface area contributed by atoms with Crippen molar-refractivity contribution in [3.63, 3.8) is 0 Å². The second-order valence-corrected chi connectivity index (χ2v) is 4.99. The lowest BCUT2D eigenvalue weighted by Gasteiger charge is -2.29. The maximum absolute atomic E-state index is 5.39. The molecule has 0 saturated carbocycles. The van der Waals surface area contributed by atoms with Gasteiger partial charge in [0.15, 0.2) is 11.5 Å². The quantitative estimate of drug-likeness (QED) is 0.851. The molecule has 0 spiro atoms. The summed E-state index contributed by atoms with van der Waals surface area (Å²) in [6, 6.07) is 6.56. The van der Waals surface area contributed by atoms with E-state index in [-0.39, 0.29) is 5.54 Å². The molecule has 0 fully saturated rings. The molecule has 16 heavy (non-hydrogen) atoms. The number of hydrogen-bond donors (Lipinski definition) is 1. The Morgan fingerprint density at radius 2 is 1.88 bits per heavy atom. The molecule has 0 aliphatic carbocycles. The van der Waals surface area contributed by atoms with Gasteiger partial charge in [0.1, 0.15) is 0 Å². The van der Waals surface area contributed by atoms with Gasteiger partial charge in [0, 0.05) is 11.6 Å². The van der Waals surface area contributed by atoms with Crippen molar-refractivity contribution in [3.05, 3.63) is 23.8 Å². The van der Waals surface area contributed by atoms with Gasteiger partial charge in [-0.1, -0.05) is 19.9 Å². The molecule has 1 aliphatic heterocycles. The molecule has 2 rings (SSSR count). The van der Waals surface area contributed by atoms with E-state index in [4.69, 9.17) is 9.47 Å². The molecule has 0 atom stereocenters. The van der Waals surface area contributed by atoms with Crippen LogP contribution in [-0.2, 0) is 5.54 Å². The van der Waals surface area contributed by atoms with Gasteiger partial charge < -0.3 is 14.8 Å². The molecule has 88 valence electrons. The van der Waals surface area contributed by atoms with Crippen LogP contribution in [0.4, 0.5) is 0 Å². The van der Waals surface area contributed by atoms with Crippen molar-refractivity contribution in [3.8, 4) is 11.5 Å². The Balaban J connectivity index is 2.26. The SMILES string of the molecule is CC(C)NC(C)(C)c1ccc2c(c1)OCO2. The maximum Gasteiger partial charge on any atom is 0.231 e. The minimum absolute atomic E-state index is 0.0604.